The summed E-state index contributed by atoms with van der Waals surface area (Å²) in [5.41, 5.74) is 0.669. The molecule has 0 heterocycles. The van der Waals surface area contributed by atoms with Crippen LogP contribution in [0.3, 0.4) is 0 Å². The Morgan fingerprint density at radius 1 is 1.37 bits per heavy atom. The lowest BCUT2D eigenvalue weighted by atomic mass is 10.1. The number of aliphatic hydroxyl groups excluding tert-OH is 2. The highest BCUT2D eigenvalue weighted by Crippen LogP contribution is 2.19. The molecule has 0 saturated heterocycles. The third kappa shape index (κ3) is 6.05. The summed E-state index contributed by atoms with van der Waals surface area (Å²) in [4.78, 5) is 11.7. The Morgan fingerprint density at radius 3 is 2.58 bits per heavy atom. The van der Waals surface area contributed by atoms with Crippen molar-refractivity contribution in [1.29, 1.82) is 0 Å². The van der Waals surface area contributed by atoms with E-state index in [-0.39, 0.29) is 25.0 Å². The van der Waals surface area contributed by atoms with Crippen LogP contribution in [0.2, 0.25) is 5.02 Å². The summed E-state index contributed by atoms with van der Waals surface area (Å²) in [7, 11) is 0. The first-order chi connectivity index (χ1) is 9.02. The number of amides is 1. The highest BCUT2D eigenvalue weighted by molar-refractivity contribution is 6.30. The molecule has 0 bridgehead atoms. The normalized spacial score (nSPS) is 13.9. The van der Waals surface area contributed by atoms with Crippen LogP contribution >= 0.6 is 11.6 Å². The molecule has 0 radical (unpaired) electrons. The molecule has 1 amide bonds. The summed E-state index contributed by atoms with van der Waals surface area (Å²) >= 11 is 5.76. The third-order valence-corrected chi connectivity index (χ3v) is 3.09. The Kier molecular flexibility index (Phi) is 6.84. The first-order valence-electron chi connectivity index (χ1n) is 6.36. The van der Waals surface area contributed by atoms with Crippen molar-refractivity contribution < 1.29 is 15.0 Å². The van der Waals surface area contributed by atoms with E-state index in [0.29, 0.717) is 17.0 Å². The van der Waals surface area contributed by atoms with E-state index in [0.717, 1.165) is 6.42 Å². The molecule has 0 aromatic heterocycles. The molecule has 1 aromatic carbocycles. The predicted octanol–water partition coefficient (Wildman–Crippen LogP) is 2.04. The van der Waals surface area contributed by atoms with Crippen LogP contribution in [0.1, 0.15) is 37.9 Å². The molecular formula is C14H20ClNO3. The molecule has 19 heavy (non-hydrogen) atoms. The molecule has 0 spiro atoms. The molecule has 3 N–H and O–H groups in total. The van der Waals surface area contributed by atoms with Crippen molar-refractivity contribution in [3.63, 3.8) is 0 Å². The van der Waals surface area contributed by atoms with Gasteiger partial charge in [-0.1, -0.05) is 23.7 Å². The van der Waals surface area contributed by atoms with Crippen molar-refractivity contribution in [3.8, 4) is 0 Å². The van der Waals surface area contributed by atoms with E-state index >= 15 is 0 Å². The minimum atomic E-state index is -0.831. The van der Waals surface area contributed by atoms with Gasteiger partial charge in [-0.25, -0.2) is 0 Å². The van der Waals surface area contributed by atoms with Gasteiger partial charge < -0.3 is 15.5 Å². The highest BCUT2D eigenvalue weighted by Gasteiger charge is 2.14. The first-order valence-corrected chi connectivity index (χ1v) is 6.74. The summed E-state index contributed by atoms with van der Waals surface area (Å²) in [6, 6.07) is 6.77. The molecule has 5 heteroatoms. The standard InChI is InChI=1S/C14H20ClNO3/c1-10(3-2-8-17)16-14(19)9-13(18)11-4-6-12(15)7-5-11/h4-7,10,13,17-18H,2-3,8-9H2,1H3,(H,16,19). The van der Waals surface area contributed by atoms with Crippen LogP contribution in [0.15, 0.2) is 24.3 Å². The van der Waals surface area contributed by atoms with Crippen molar-refractivity contribution >= 4 is 17.5 Å². The number of hydrogen-bond acceptors (Lipinski definition) is 3. The van der Waals surface area contributed by atoms with Gasteiger partial charge in [-0.3, -0.25) is 4.79 Å². The average Bonchev–Trinajstić information content (AvgIpc) is 2.36. The van der Waals surface area contributed by atoms with Gasteiger partial charge in [-0.15, -0.1) is 0 Å². The van der Waals surface area contributed by atoms with E-state index in [4.69, 9.17) is 16.7 Å². The molecule has 0 aliphatic heterocycles. The Morgan fingerprint density at radius 2 is 2.00 bits per heavy atom. The summed E-state index contributed by atoms with van der Waals surface area (Å²) < 4.78 is 0. The largest absolute Gasteiger partial charge is 0.396 e. The monoisotopic (exact) mass is 285 g/mol. The summed E-state index contributed by atoms with van der Waals surface area (Å²) in [5.74, 6) is -0.201. The summed E-state index contributed by atoms with van der Waals surface area (Å²) in [5, 5.41) is 22.0. The number of carbonyl (C=O) groups is 1. The zero-order valence-electron chi connectivity index (χ0n) is 11.0. The lowest BCUT2D eigenvalue weighted by Gasteiger charge is -2.15. The molecular weight excluding hydrogens is 266 g/mol. The Labute approximate surface area is 118 Å². The average molecular weight is 286 g/mol. The van der Waals surface area contributed by atoms with Gasteiger partial charge in [-0.2, -0.15) is 0 Å². The molecule has 0 fully saturated rings. The number of hydrogen-bond donors (Lipinski definition) is 3. The van der Waals surface area contributed by atoms with Gasteiger partial charge in [0.2, 0.25) is 5.91 Å². The Bertz CT molecular complexity index is 394. The van der Waals surface area contributed by atoms with Gasteiger partial charge in [0, 0.05) is 17.7 Å². The van der Waals surface area contributed by atoms with Gasteiger partial charge >= 0.3 is 0 Å². The van der Waals surface area contributed by atoms with E-state index in [1.165, 1.54) is 0 Å². The predicted molar refractivity (Wildman–Crippen MR) is 75.0 cm³/mol. The molecule has 0 aliphatic carbocycles. The van der Waals surface area contributed by atoms with Crippen LogP contribution in [0.25, 0.3) is 0 Å². The quantitative estimate of drug-likeness (QED) is 0.718. The van der Waals surface area contributed by atoms with E-state index in [2.05, 4.69) is 5.32 Å². The number of halogens is 1. The maximum absolute atomic E-state index is 11.7. The summed E-state index contributed by atoms with van der Waals surface area (Å²) in [6.07, 6.45) is 0.563. The van der Waals surface area contributed by atoms with Crippen molar-refractivity contribution in [2.24, 2.45) is 0 Å². The lowest BCUT2D eigenvalue weighted by Crippen LogP contribution is -2.33. The van der Waals surface area contributed by atoms with E-state index in [1.807, 2.05) is 6.92 Å². The molecule has 2 atom stereocenters. The zero-order valence-corrected chi connectivity index (χ0v) is 11.7. The molecule has 1 rings (SSSR count). The van der Waals surface area contributed by atoms with Crippen molar-refractivity contribution in [2.75, 3.05) is 6.61 Å². The van der Waals surface area contributed by atoms with Crippen LogP contribution in [0.4, 0.5) is 0 Å². The number of aliphatic hydroxyl groups is 2. The number of benzene rings is 1. The molecule has 0 aliphatic rings. The van der Waals surface area contributed by atoms with Gasteiger partial charge in [-0.05, 0) is 37.5 Å². The van der Waals surface area contributed by atoms with E-state index in [1.54, 1.807) is 24.3 Å². The maximum atomic E-state index is 11.7. The second kappa shape index (κ2) is 8.15. The minimum absolute atomic E-state index is 0.00271. The highest BCUT2D eigenvalue weighted by atomic mass is 35.5. The minimum Gasteiger partial charge on any atom is -0.396 e. The smallest absolute Gasteiger partial charge is 0.223 e. The van der Waals surface area contributed by atoms with Gasteiger partial charge in [0.05, 0.1) is 12.5 Å². The second-order valence-electron chi connectivity index (χ2n) is 4.61. The fraction of sp³-hybridized carbons (Fsp3) is 0.500. The van der Waals surface area contributed by atoms with Crippen LogP contribution in [-0.2, 0) is 4.79 Å². The number of nitrogens with one attached hydrogen (secondary N) is 1. The fourth-order valence-corrected chi connectivity index (χ4v) is 1.91. The second-order valence-corrected chi connectivity index (χ2v) is 5.04. The van der Waals surface area contributed by atoms with Crippen LogP contribution in [-0.4, -0.2) is 28.8 Å². The lowest BCUT2D eigenvalue weighted by molar-refractivity contribution is -0.123. The molecule has 4 nitrogen and oxygen atoms in total. The van der Waals surface area contributed by atoms with Crippen molar-refractivity contribution in [3.05, 3.63) is 34.9 Å². The van der Waals surface area contributed by atoms with Crippen LogP contribution in [0.5, 0.6) is 0 Å². The third-order valence-electron chi connectivity index (χ3n) is 2.84. The van der Waals surface area contributed by atoms with Crippen LogP contribution < -0.4 is 5.32 Å². The fourth-order valence-electron chi connectivity index (χ4n) is 1.78. The maximum Gasteiger partial charge on any atom is 0.223 e. The van der Waals surface area contributed by atoms with Crippen LogP contribution in [0, 0.1) is 0 Å². The summed E-state index contributed by atoms with van der Waals surface area (Å²) in [6.45, 7) is 2.00. The van der Waals surface area contributed by atoms with Crippen molar-refractivity contribution in [2.45, 2.75) is 38.3 Å². The van der Waals surface area contributed by atoms with Gasteiger partial charge in [0.1, 0.15) is 0 Å². The van der Waals surface area contributed by atoms with Gasteiger partial charge in [0.25, 0.3) is 0 Å². The number of rotatable bonds is 7. The first kappa shape index (κ1) is 16.0. The molecule has 2 unspecified atom stereocenters. The molecule has 106 valence electrons. The van der Waals surface area contributed by atoms with E-state index in [9.17, 15) is 9.90 Å². The Hall–Kier alpha value is -1.10. The Balaban J connectivity index is 2.41. The molecule has 1 aromatic rings. The number of carbonyl (C=O) groups excluding carboxylic acids is 1. The van der Waals surface area contributed by atoms with E-state index < -0.39 is 6.10 Å². The van der Waals surface area contributed by atoms with Crippen molar-refractivity contribution in [1.82, 2.24) is 5.32 Å². The van der Waals surface area contributed by atoms with Gasteiger partial charge in [0.15, 0.2) is 0 Å². The topological polar surface area (TPSA) is 69.6 Å². The SMILES string of the molecule is CC(CCCO)NC(=O)CC(O)c1ccc(Cl)cc1. The molecule has 0 saturated carbocycles. The zero-order chi connectivity index (χ0) is 14.3.